The van der Waals surface area contributed by atoms with Gasteiger partial charge in [-0.15, -0.1) is 0 Å². The average Bonchev–Trinajstić information content (AvgIpc) is 1.96. The Balaban J connectivity index is 2.97. The van der Waals surface area contributed by atoms with Gasteiger partial charge in [-0.1, -0.05) is 0 Å². The van der Waals surface area contributed by atoms with Crippen LogP contribution in [0.3, 0.4) is 0 Å². The molecule has 1 heterocycles. The minimum Gasteiger partial charge on any atom is -0.286 e. The Morgan fingerprint density at radius 1 is 1.50 bits per heavy atom. The molecule has 0 aromatic heterocycles. The van der Waals surface area contributed by atoms with E-state index in [0.717, 1.165) is 0 Å². The molecule has 4 nitrogen and oxygen atoms in total. The molecule has 1 aliphatic heterocycles. The summed E-state index contributed by atoms with van der Waals surface area (Å²) in [6.45, 7) is 4.04. The van der Waals surface area contributed by atoms with Gasteiger partial charge in [-0.05, 0) is 19.9 Å². The standard InChI is InChI=1S/C8H14N4/c1-8(2)5-7(6-9)11(3)12(4)10-8/h5,10H,1-4H3. The Morgan fingerprint density at radius 3 is 2.58 bits per heavy atom. The molecule has 0 saturated heterocycles. The van der Waals surface area contributed by atoms with Gasteiger partial charge in [-0.3, -0.25) is 5.01 Å². The van der Waals surface area contributed by atoms with E-state index in [9.17, 15) is 0 Å². The van der Waals surface area contributed by atoms with Crippen molar-refractivity contribution in [1.29, 1.82) is 5.26 Å². The number of nitrogens with zero attached hydrogens (tertiary/aromatic N) is 3. The van der Waals surface area contributed by atoms with Crippen LogP contribution < -0.4 is 5.43 Å². The molecule has 0 aromatic carbocycles. The maximum Gasteiger partial charge on any atom is 0.129 e. The molecule has 0 bridgehead atoms. The summed E-state index contributed by atoms with van der Waals surface area (Å²) in [7, 11) is 3.73. The van der Waals surface area contributed by atoms with Crippen LogP contribution in [0.1, 0.15) is 13.8 Å². The molecule has 1 aliphatic rings. The van der Waals surface area contributed by atoms with Gasteiger partial charge in [0.2, 0.25) is 0 Å². The van der Waals surface area contributed by atoms with Crippen molar-refractivity contribution in [3.63, 3.8) is 0 Å². The van der Waals surface area contributed by atoms with Gasteiger partial charge in [-0.25, -0.2) is 5.43 Å². The predicted octanol–water partition coefficient (Wildman–Crippen LogP) is 0.469. The molecule has 0 spiro atoms. The van der Waals surface area contributed by atoms with Gasteiger partial charge in [0.1, 0.15) is 11.8 Å². The largest absolute Gasteiger partial charge is 0.286 e. The molecule has 4 heteroatoms. The number of rotatable bonds is 0. The number of hydrogen-bond acceptors (Lipinski definition) is 4. The monoisotopic (exact) mass is 166 g/mol. The molecule has 1 N–H and O–H groups in total. The zero-order chi connectivity index (χ0) is 9.35. The summed E-state index contributed by atoms with van der Waals surface area (Å²) < 4.78 is 0. The maximum atomic E-state index is 8.80. The highest BCUT2D eigenvalue weighted by molar-refractivity contribution is 5.24. The normalized spacial score (nSPS) is 23.2. The first-order valence-corrected chi connectivity index (χ1v) is 3.84. The van der Waals surface area contributed by atoms with E-state index in [4.69, 9.17) is 5.26 Å². The molecule has 0 aliphatic carbocycles. The van der Waals surface area contributed by atoms with Gasteiger partial charge in [-0.2, -0.15) is 10.4 Å². The van der Waals surface area contributed by atoms with Gasteiger partial charge < -0.3 is 0 Å². The fraction of sp³-hybridized carbons (Fsp3) is 0.625. The third-order valence-electron chi connectivity index (χ3n) is 1.86. The molecule has 12 heavy (non-hydrogen) atoms. The van der Waals surface area contributed by atoms with Crippen molar-refractivity contribution in [3.8, 4) is 6.07 Å². The van der Waals surface area contributed by atoms with E-state index in [1.165, 1.54) is 0 Å². The van der Waals surface area contributed by atoms with Crippen LogP contribution in [0.2, 0.25) is 0 Å². The number of hydrazine groups is 2. The molecule has 0 aromatic rings. The van der Waals surface area contributed by atoms with Crippen molar-refractivity contribution in [3.05, 3.63) is 11.8 Å². The lowest BCUT2D eigenvalue weighted by Crippen LogP contribution is -2.57. The Kier molecular flexibility index (Phi) is 2.09. The van der Waals surface area contributed by atoms with E-state index in [1.807, 2.05) is 34.0 Å². The van der Waals surface area contributed by atoms with Crippen LogP contribution in [-0.2, 0) is 0 Å². The van der Waals surface area contributed by atoms with Crippen molar-refractivity contribution in [2.45, 2.75) is 19.4 Å². The van der Waals surface area contributed by atoms with Gasteiger partial charge in [0.05, 0.1) is 0 Å². The summed E-state index contributed by atoms with van der Waals surface area (Å²) in [5.41, 5.74) is 3.72. The van der Waals surface area contributed by atoms with Crippen molar-refractivity contribution in [2.24, 2.45) is 0 Å². The number of nitriles is 1. The second kappa shape index (κ2) is 2.77. The lowest BCUT2D eigenvalue weighted by Gasteiger charge is -2.40. The number of hydrogen-bond donors (Lipinski definition) is 1. The lowest BCUT2D eigenvalue weighted by atomic mass is 10.0. The van der Waals surface area contributed by atoms with Crippen molar-refractivity contribution >= 4 is 0 Å². The zero-order valence-corrected chi connectivity index (χ0v) is 7.92. The van der Waals surface area contributed by atoms with E-state index in [0.29, 0.717) is 5.70 Å². The van der Waals surface area contributed by atoms with Crippen LogP contribution in [0, 0.1) is 11.3 Å². The molecule has 1 rings (SSSR count). The molecule has 0 fully saturated rings. The Morgan fingerprint density at radius 2 is 2.08 bits per heavy atom. The topological polar surface area (TPSA) is 42.3 Å². The van der Waals surface area contributed by atoms with E-state index < -0.39 is 0 Å². The van der Waals surface area contributed by atoms with Crippen LogP contribution in [0.4, 0.5) is 0 Å². The van der Waals surface area contributed by atoms with Crippen LogP contribution in [0.5, 0.6) is 0 Å². The van der Waals surface area contributed by atoms with Crippen LogP contribution in [-0.4, -0.2) is 29.8 Å². The summed E-state index contributed by atoms with van der Waals surface area (Å²) in [6.07, 6.45) is 1.91. The number of nitrogens with one attached hydrogen (secondary N) is 1. The van der Waals surface area contributed by atoms with Gasteiger partial charge in [0, 0.05) is 19.6 Å². The molecule has 0 unspecified atom stereocenters. The minimum atomic E-state index is -0.147. The lowest BCUT2D eigenvalue weighted by molar-refractivity contribution is -0.0271. The second-order valence-electron chi connectivity index (χ2n) is 3.52. The van der Waals surface area contributed by atoms with Crippen LogP contribution in [0.25, 0.3) is 0 Å². The van der Waals surface area contributed by atoms with Gasteiger partial charge in [0.15, 0.2) is 0 Å². The van der Waals surface area contributed by atoms with Crippen molar-refractivity contribution in [2.75, 3.05) is 14.1 Å². The SMILES string of the molecule is CN1NC(C)(C)C=C(C#N)N1C. The van der Waals surface area contributed by atoms with E-state index in [1.54, 1.807) is 10.1 Å². The Bertz CT molecular complexity index is 248. The van der Waals surface area contributed by atoms with Crippen LogP contribution >= 0.6 is 0 Å². The van der Waals surface area contributed by atoms with Gasteiger partial charge >= 0.3 is 0 Å². The highest BCUT2D eigenvalue weighted by atomic mass is 15.8. The third-order valence-corrected chi connectivity index (χ3v) is 1.86. The molecule has 0 radical (unpaired) electrons. The van der Waals surface area contributed by atoms with E-state index in [2.05, 4.69) is 11.5 Å². The van der Waals surface area contributed by atoms with Crippen LogP contribution in [0.15, 0.2) is 11.8 Å². The summed E-state index contributed by atoms with van der Waals surface area (Å²) in [5.74, 6) is 0. The zero-order valence-electron chi connectivity index (χ0n) is 7.92. The highest BCUT2D eigenvalue weighted by Crippen LogP contribution is 2.17. The van der Waals surface area contributed by atoms with E-state index in [-0.39, 0.29) is 5.54 Å². The van der Waals surface area contributed by atoms with Gasteiger partial charge in [0.25, 0.3) is 0 Å². The molecular formula is C8H14N4. The molecular weight excluding hydrogens is 152 g/mol. The summed E-state index contributed by atoms with van der Waals surface area (Å²) >= 11 is 0. The molecule has 0 amide bonds. The first-order valence-electron chi connectivity index (χ1n) is 3.84. The maximum absolute atomic E-state index is 8.80. The third kappa shape index (κ3) is 1.58. The average molecular weight is 166 g/mol. The number of allylic oxidation sites excluding steroid dienone is 1. The smallest absolute Gasteiger partial charge is 0.129 e. The fourth-order valence-corrected chi connectivity index (χ4v) is 1.23. The quantitative estimate of drug-likeness (QED) is 0.568. The highest BCUT2D eigenvalue weighted by Gasteiger charge is 2.26. The second-order valence-corrected chi connectivity index (χ2v) is 3.52. The molecule has 66 valence electrons. The fourth-order valence-electron chi connectivity index (χ4n) is 1.23. The van der Waals surface area contributed by atoms with Crippen molar-refractivity contribution < 1.29 is 0 Å². The minimum absolute atomic E-state index is 0.147. The summed E-state index contributed by atoms with van der Waals surface area (Å²) in [6, 6.07) is 2.15. The first kappa shape index (κ1) is 9.04. The van der Waals surface area contributed by atoms with E-state index >= 15 is 0 Å². The summed E-state index contributed by atoms with van der Waals surface area (Å²) in [5, 5.41) is 12.4. The molecule has 0 atom stereocenters. The Labute approximate surface area is 73.0 Å². The van der Waals surface area contributed by atoms with Crippen molar-refractivity contribution in [1.82, 2.24) is 15.6 Å². The first-order chi connectivity index (χ1) is 5.46. The predicted molar refractivity (Wildman–Crippen MR) is 46.4 cm³/mol. The Hall–Kier alpha value is -1.05. The summed E-state index contributed by atoms with van der Waals surface area (Å²) in [4.78, 5) is 0. The molecule has 0 saturated carbocycles.